The minimum atomic E-state index is -0.392. The fourth-order valence-corrected chi connectivity index (χ4v) is 2.65. The molecule has 0 amide bonds. The number of esters is 1. The van der Waals surface area contributed by atoms with Gasteiger partial charge in [0.2, 0.25) is 0 Å². The Bertz CT molecular complexity index is 581. The van der Waals surface area contributed by atoms with E-state index >= 15 is 0 Å². The number of thiazole rings is 1. The molecule has 0 saturated carbocycles. The van der Waals surface area contributed by atoms with Gasteiger partial charge in [0.05, 0.1) is 12.3 Å². The van der Waals surface area contributed by atoms with Crippen molar-refractivity contribution in [2.75, 3.05) is 6.61 Å². The van der Waals surface area contributed by atoms with E-state index < -0.39 is 5.97 Å². The standard InChI is InChI=1S/C13H11Cl2NO2S/c1-2-7-18-12(17)11-10(16-13(15)19-11)8-3-5-9(14)6-4-8/h3-6H,2,7H2,1H3. The highest BCUT2D eigenvalue weighted by Crippen LogP contribution is 2.32. The molecule has 100 valence electrons. The van der Waals surface area contributed by atoms with Gasteiger partial charge in [0.15, 0.2) is 4.47 Å². The lowest BCUT2D eigenvalue weighted by molar-refractivity contribution is 0.0511. The molecule has 2 rings (SSSR count). The van der Waals surface area contributed by atoms with Crippen molar-refractivity contribution in [3.63, 3.8) is 0 Å². The summed E-state index contributed by atoms with van der Waals surface area (Å²) in [6, 6.07) is 7.07. The molecule has 0 unspecified atom stereocenters. The van der Waals surface area contributed by atoms with Gasteiger partial charge >= 0.3 is 5.97 Å². The molecule has 3 nitrogen and oxygen atoms in total. The van der Waals surface area contributed by atoms with Gasteiger partial charge in [-0.3, -0.25) is 0 Å². The van der Waals surface area contributed by atoms with E-state index in [1.165, 1.54) is 0 Å². The van der Waals surface area contributed by atoms with Gasteiger partial charge in [0.1, 0.15) is 4.88 Å². The van der Waals surface area contributed by atoms with Gasteiger partial charge in [0, 0.05) is 10.6 Å². The molecule has 0 aliphatic carbocycles. The van der Waals surface area contributed by atoms with E-state index in [2.05, 4.69) is 4.98 Å². The summed E-state index contributed by atoms with van der Waals surface area (Å²) in [4.78, 5) is 16.5. The normalized spacial score (nSPS) is 10.5. The first-order valence-electron chi connectivity index (χ1n) is 5.71. The van der Waals surface area contributed by atoms with Gasteiger partial charge in [0.25, 0.3) is 0 Å². The molecule has 0 N–H and O–H groups in total. The van der Waals surface area contributed by atoms with Crippen LogP contribution in [0.15, 0.2) is 24.3 Å². The summed E-state index contributed by atoms with van der Waals surface area (Å²) in [6.45, 7) is 2.32. The highest BCUT2D eigenvalue weighted by molar-refractivity contribution is 7.17. The molecule has 0 fully saturated rings. The van der Waals surface area contributed by atoms with Crippen LogP contribution in [0, 0.1) is 0 Å². The molecule has 6 heteroatoms. The summed E-state index contributed by atoms with van der Waals surface area (Å²) >= 11 is 12.9. The van der Waals surface area contributed by atoms with E-state index in [1.807, 2.05) is 6.92 Å². The van der Waals surface area contributed by atoms with E-state index in [9.17, 15) is 4.79 Å². The van der Waals surface area contributed by atoms with Crippen LogP contribution in [0.25, 0.3) is 11.3 Å². The summed E-state index contributed by atoms with van der Waals surface area (Å²) < 4.78 is 5.44. The lowest BCUT2D eigenvalue weighted by atomic mass is 10.1. The number of benzene rings is 1. The summed E-state index contributed by atoms with van der Waals surface area (Å²) in [5.74, 6) is -0.392. The van der Waals surface area contributed by atoms with Gasteiger partial charge in [-0.2, -0.15) is 0 Å². The predicted octanol–water partition coefficient (Wildman–Crippen LogP) is 4.68. The van der Waals surface area contributed by atoms with Gasteiger partial charge in [-0.05, 0) is 18.6 Å². The van der Waals surface area contributed by atoms with Crippen molar-refractivity contribution in [3.05, 3.63) is 38.6 Å². The molecule has 0 bridgehead atoms. The number of ether oxygens (including phenoxy) is 1. The molecule has 1 aromatic carbocycles. The number of rotatable bonds is 4. The average Bonchev–Trinajstić information content (AvgIpc) is 2.79. The molecule has 0 radical (unpaired) electrons. The minimum Gasteiger partial charge on any atom is -0.461 e. The molecule has 0 aliphatic heterocycles. The Kier molecular flexibility index (Phi) is 4.80. The molecule has 0 saturated heterocycles. The molecular formula is C13H11Cl2NO2S. The molecule has 2 aromatic rings. The lowest BCUT2D eigenvalue weighted by Crippen LogP contribution is -2.05. The zero-order valence-corrected chi connectivity index (χ0v) is 12.5. The van der Waals surface area contributed by atoms with E-state index in [1.54, 1.807) is 24.3 Å². The van der Waals surface area contributed by atoms with Crippen LogP contribution in [-0.2, 0) is 4.74 Å². The lowest BCUT2D eigenvalue weighted by Gasteiger charge is -2.03. The number of carbonyl (C=O) groups is 1. The van der Waals surface area contributed by atoms with Crippen LogP contribution in [0.5, 0.6) is 0 Å². The summed E-state index contributed by atoms with van der Waals surface area (Å²) in [5, 5.41) is 0.625. The first kappa shape index (κ1) is 14.3. The predicted molar refractivity (Wildman–Crippen MR) is 78.1 cm³/mol. The van der Waals surface area contributed by atoms with Crippen LogP contribution in [-0.4, -0.2) is 17.6 Å². The van der Waals surface area contributed by atoms with Crippen LogP contribution >= 0.6 is 34.5 Å². The molecule has 0 aliphatic rings. The summed E-state index contributed by atoms with van der Waals surface area (Å²) in [5.41, 5.74) is 1.32. The van der Waals surface area contributed by atoms with E-state index in [4.69, 9.17) is 27.9 Å². The molecule has 19 heavy (non-hydrogen) atoms. The van der Waals surface area contributed by atoms with Crippen LogP contribution in [0.1, 0.15) is 23.0 Å². The van der Waals surface area contributed by atoms with Crippen LogP contribution < -0.4 is 0 Å². The Balaban J connectivity index is 2.35. The third-order valence-corrected chi connectivity index (χ3v) is 3.73. The molecule has 1 heterocycles. The summed E-state index contributed by atoms with van der Waals surface area (Å²) in [7, 11) is 0. The Hall–Kier alpha value is -1.10. The second-order valence-corrected chi connectivity index (χ2v) is 5.80. The van der Waals surface area contributed by atoms with Crippen molar-refractivity contribution in [1.82, 2.24) is 4.98 Å². The van der Waals surface area contributed by atoms with Crippen molar-refractivity contribution in [2.24, 2.45) is 0 Å². The molecular weight excluding hydrogens is 305 g/mol. The first-order chi connectivity index (χ1) is 9.11. The Morgan fingerprint density at radius 2 is 2.00 bits per heavy atom. The van der Waals surface area contributed by atoms with Gasteiger partial charge in [-0.25, -0.2) is 9.78 Å². The number of halogens is 2. The maximum atomic E-state index is 11.9. The third-order valence-electron chi connectivity index (χ3n) is 2.34. The molecule has 0 spiro atoms. The fourth-order valence-electron chi connectivity index (χ4n) is 1.50. The van der Waals surface area contributed by atoms with Gasteiger partial charge in [-0.1, -0.05) is 53.6 Å². The monoisotopic (exact) mass is 315 g/mol. The average molecular weight is 316 g/mol. The molecule has 1 aromatic heterocycles. The van der Waals surface area contributed by atoms with Crippen molar-refractivity contribution in [2.45, 2.75) is 13.3 Å². The van der Waals surface area contributed by atoms with Crippen LogP contribution in [0.4, 0.5) is 0 Å². The largest absolute Gasteiger partial charge is 0.461 e. The van der Waals surface area contributed by atoms with Crippen molar-refractivity contribution < 1.29 is 9.53 Å². The third kappa shape index (κ3) is 3.47. The van der Waals surface area contributed by atoms with Crippen LogP contribution in [0.2, 0.25) is 9.49 Å². The topological polar surface area (TPSA) is 39.2 Å². The van der Waals surface area contributed by atoms with E-state index in [0.717, 1.165) is 23.3 Å². The smallest absolute Gasteiger partial charge is 0.350 e. The fraction of sp³-hybridized carbons (Fsp3) is 0.231. The van der Waals surface area contributed by atoms with Crippen molar-refractivity contribution in [3.8, 4) is 11.3 Å². The Morgan fingerprint density at radius 3 is 2.63 bits per heavy atom. The quantitative estimate of drug-likeness (QED) is 0.769. The maximum Gasteiger partial charge on any atom is 0.350 e. The number of carbonyl (C=O) groups excluding carboxylic acids is 1. The SMILES string of the molecule is CCCOC(=O)c1sc(Cl)nc1-c1ccc(Cl)cc1. The highest BCUT2D eigenvalue weighted by atomic mass is 35.5. The Morgan fingerprint density at radius 1 is 1.32 bits per heavy atom. The Labute approximate surface area is 125 Å². The number of hydrogen-bond acceptors (Lipinski definition) is 4. The van der Waals surface area contributed by atoms with E-state index in [-0.39, 0.29) is 0 Å². The van der Waals surface area contributed by atoms with Crippen molar-refractivity contribution in [1.29, 1.82) is 0 Å². The molecule has 0 atom stereocenters. The summed E-state index contributed by atoms with van der Waals surface area (Å²) in [6.07, 6.45) is 0.772. The zero-order chi connectivity index (χ0) is 13.8. The zero-order valence-electron chi connectivity index (χ0n) is 10.2. The van der Waals surface area contributed by atoms with Gasteiger partial charge in [-0.15, -0.1) is 0 Å². The second kappa shape index (κ2) is 6.37. The van der Waals surface area contributed by atoms with Gasteiger partial charge < -0.3 is 4.74 Å². The maximum absolute atomic E-state index is 11.9. The second-order valence-electron chi connectivity index (χ2n) is 3.79. The highest BCUT2D eigenvalue weighted by Gasteiger charge is 2.20. The van der Waals surface area contributed by atoms with E-state index in [0.29, 0.717) is 26.7 Å². The van der Waals surface area contributed by atoms with Crippen molar-refractivity contribution >= 4 is 40.5 Å². The first-order valence-corrected chi connectivity index (χ1v) is 7.28. The number of aromatic nitrogens is 1. The van der Waals surface area contributed by atoms with Crippen LogP contribution in [0.3, 0.4) is 0 Å². The number of nitrogens with zero attached hydrogens (tertiary/aromatic N) is 1. The minimum absolute atomic E-state index is 0.313. The number of hydrogen-bond donors (Lipinski definition) is 0.